The Balaban J connectivity index is 2.06. The second-order valence-corrected chi connectivity index (χ2v) is 8.41. The van der Waals surface area contributed by atoms with E-state index in [1.807, 2.05) is 84.9 Å². The van der Waals surface area contributed by atoms with Crippen LogP contribution in [-0.4, -0.2) is 0 Å². The molecule has 0 aromatic heterocycles. The minimum atomic E-state index is -2.97. The van der Waals surface area contributed by atoms with Crippen LogP contribution in [0.5, 0.6) is 0 Å². The van der Waals surface area contributed by atoms with E-state index in [-0.39, 0.29) is 6.04 Å². The summed E-state index contributed by atoms with van der Waals surface area (Å²) in [5.74, 6) is 0. The van der Waals surface area contributed by atoms with Gasteiger partial charge < -0.3 is 0 Å². The van der Waals surface area contributed by atoms with E-state index in [1.165, 1.54) is 0 Å². The second-order valence-electron chi connectivity index (χ2n) is 5.90. The zero-order valence-corrected chi connectivity index (χ0v) is 15.0. The molecule has 3 aromatic carbocycles. The maximum absolute atomic E-state index is 14.1. The number of nitrogens with one attached hydrogen (secondary N) is 1. The molecule has 3 rings (SSSR count). The topological polar surface area (TPSA) is 29.1 Å². The minimum absolute atomic E-state index is 0.0649. The molecule has 0 amide bonds. The highest BCUT2D eigenvalue weighted by Crippen LogP contribution is 2.42. The first-order valence-electron chi connectivity index (χ1n) is 8.39. The van der Waals surface area contributed by atoms with Crippen LogP contribution in [-0.2, 0) is 4.57 Å². The normalized spacial score (nSPS) is 12.5. The molecule has 0 spiro atoms. The minimum Gasteiger partial charge on any atom is -0.297 e. The molecule has 0 radical (unpaired) electrons. The number of hydrogen-bond donors (Lipinski definition) is 1. The third-order valence-corrected chi connectivity index (χ3v) is 6.91. The first kappa shape index (κ1) is 17.4. The van der Waals surface area contributed by atoms with Gasteiger partial charge in [0.1, 0.15) is 0 Å². The fourth-order valence-corrected chi connectivity index (χ4v) is 5.38. The van der Waals surface area contributed by atoms with Gasteiger partial charge in [0.15, 0.2) is 0 Å². The lowest BCUT2D eigenvalue weighted by Crippen LogP contribution is -2.30. The van der Waals surface area contributed by atoms with Gasteiger partial charge in [0.25, 0.3) is 0 Å². The quantitative estimate of drug-likeness (QED) is 0.490. The largest absolute Gasteiger partial charge is 0.297 e. The summed E-state index contributed by atoms with van der Waals surface area (Å²) < 4.78 is 14.1. The molecule has 3 heteroatoms. The zero-order chi connectivity index (χ0) is 17.5. The van der Waals surface area contributed by atoms with Crippen molar-refractivity contribution in [2.24, 2.45) is 0 Å². The molecule has 1 atom stereocenters. The van der Waals surface area contributed by atoms with E-state index in [1.54, 1.807) is 0 Å². The molecule has 2 nitrogen and oxygen atoms in total. The smallest absolute Gasteiger partial charge is 0.205 e. The molecular formula is C22H22NOP. The van der Waals surface area contributed by atoms with Gasteiger partial charge in [-0.1, -0.05) is 72.8 Å². The van der Waals surface area contributed by atoms with Gasteiger partial charge in [-0.2, -0.15) is 0 Å². The molecule has 0 saturated carbocycles. The number of hydrogen-bond acceptors (Lipinski definition) is 1. The van der Waals surface area contributed by atoms with Crippen molar-refractivity contribution in [2.75, 3.05) is 0 Å². The molecule has 0 bridgehead atoms. The maximum atomic E-state index is 14.1. The van der Waals surface area contributed by atoms with Gasteiger partial charge in [-0.3, -0.25) is 9.65 Å². The predicted molar refractivity (Wildman–Crippen MR) is 107 cm³/mol. The predicted octanol–water partition coefficient (Wildman–Crippen LogP) is 4.82. The van der Waals surface area contributed by atoms with Crippen LogP contribution in [0.25, 0.3) is 0 Å². The SMILES string of the molecule is C=CC[C@H](NP(=O)(c1ccccc1)c1ccccc1)c1ccccc1. The van der Waals surface area contributed by atoms with Crippen molar-refractivity contribution in [3.8, 4) is 0 Å². The van der Waals surface area contributed by atoms with Crippen molar-refractivity contribution in [2.45, 2.75) is 12.5 Å². The Morgan fingerprint density at radius 2 is 1.24 bits per heavy atom. The molecule has 0 fully saturated rings. The third-order valence-electron chi connectivity index (χ3n) is 4.18. The van der Waals surface area contributed by atoms with E-state index in [4.69, 9.17) is 0 Å². The van der Waals surface area contributed by atoms with Gasteiger partial charge in [-0.15, -0.1) is 6.58 Å². The van der Waals surface area contributed by atoms with Crippen molar-refractivity contribution in [1.29, 1.82) is 0 Å². The Hall–Kier alpha value is -2.41. The van der Waals surface area contributed by atoms with Crippen molar-refractivity contribution in [3.63, 3.8) is 0 Å². The Labute approximate surface area is 149 Å². The van der Waals surface area contributed by atoms with Crippen LogP contribution in [0.4, 0.5) is 0 Å². The van der Waals surface area contributed by atoms with Crippen LogP contribution in [0.15, 0.2) is 104 Å². The van der Waals surface area contributed by atoms with Crippen molar-refractivity contribution < 1.29 is 4.57 Å². The fraction of sp³-hybridized carbons (Fsp3) is 0.0909. The van der Waals surface area contributed by atoms with E-state index in [0.29, 0.717) is 6.42 Å². The molecule has 1 N–H and O–H groups in total. The molecule has 126 valence electrons. The van der Waals surface area contributed by atoms with Crippen LogP contribution < -0.4 is 15.7 Å². The Bertz CT molecular complexity index is 803. The van der Waals surface area contributed by atoms with Crippen LogP contribution in [0, 0.1) is 0 Å². The monoisotopic (exact) mass is 347 g/mol. The number of rotatable bonds is 7. The molecule has 0 aliphatic heterocycles. The van der Waals surface area contributed by atoms with E-state index in [0.717, 1.165) is 16.2 Å². The highest BCUT2D eigenvalue weighted by atomic mass is 31.2. The van der Waals surface area contributed by atoms with Crippen molar-refractivity contribution in [1.82, 2.24) is 5.09 Å². The van der Waals surface area contributed by atoms with Crippen molar-refractivity contribution in [3.05, 3.63) is 109 Å². The van der Waals surface area contributed by atoms with Gasteiger partial charge in [-0.25, -0.2) is 0 Å². The van der Waals surface area contributed by atoms with Gasteiger partial charge in [-0.05, 0) is 36.2 Å². The Kier molecular flexibility index (Phi) is 5.65. The molecule has 0 saturated heterocycles. The standard InChI is InChI=1S/C22H22NOP/c1-2-12-22(19-13-6-3-7-14-19)23-25(24,20-15-8-4-9-16-20)21-17-10-5-11-18-21/h2-11,13-18,22H,1,12H2,(H,23,24)/t22-/m0/s1. The lowest BCUT2D eigenvalue weighted by atomic mass is 10.1. The maximum Gasteiger partial charge on any atom is 0.205 e. The van der Waals surface area contributed by atoms with Crippen LogP contribution in [0.1, 0.15) is 18.0 Å². The molecule has 0 aliphatic carbocycles. The van der Waals surface area contributed by atoms with Gasteiger partial charge in [0, 0.05) is 16.7 Å². The van der Waals surface area contributed by atoms with Gasteiger partial charge in [0.2, 0.25) is 7.29 Å². The van der Waals surface area contributed by atoms with Crippen LogP contribution in [0.3, 0.4) is 0 Å². The second kappa shape index (κ2) is 8.11. The molecule has 0 aliphatic rings. The Morgan fingerprint density at radius 1 is 0.800 bits per heavy atom. The highest BCUT2D eigenvalue weighted by Gasteiger charge is 2.30. The molecule has 0 heterocycles. The van der Waals surface area contributed by atoms with E-state index in [9.17, 15) is 4.57 Å². The molecule has 0 unspecified atom stereocenters. The van der Waals surface area contributed by atoms with E-state index in [2.05, 4.69) is 23.8 Å². The first-order valence-corrected chi connectivity index (χ1v) is 10.1. The van der Waals surface area contributed by atoms with Gasteiger partial charge in [0.05, 0.1) is 0 Å². The summed E-state index contributed by atoms with van der Waals surface area (Å²) in [6.07, 6.45) is 2.57. The van der Waals surface area contributed by atoms with Gasteiger partial charge >= 0.3 is 0 Å². The highest BCUT2D eigenvalue weighted by molar-refractivity contribution is 7.76. The summed E-state index contributed by atoms with van der Waals surface area (Å²) in [5, 5.41) is 5.09. The molecular weight excluding hydrogens is 325 g/mol. The summed E-state index contributed by atoms with van der Waals surface area (Å²) in [7, 11) is -2.97. The summed E-state index contributed by atoms with van der Waals surface area (Å²) in [6.45, 7) is 3.87. The average molecular weight is 347 g/mol. The van der Waals surface area contributed by atoms with E-state index < -0.39 is 7.29 Å². The summed E-state index contributed by atoms with van der Waals surface area (Å²) in [5.41, 5.74) is 1.11. The summed E-state index contributed by atoms with van der Waals surface area (Å²) >= 11 is 0. The lowest BCUT2D eigenvalue weighted by Gasteiger charge is -2.27. The lowest BCUT2D eigenvalue weighted by molar-refractivity contribution is 0.561. The molecule has 3 aromatic rings. The fourth-order valence-electron chi connectivity index (χ4n) is 2.91. The Morgan fingerprint density at radius 3 is 1.68 bits per heavy atom. The van der Waals surface area contributed by atoms with Crippen LogP contribution in [0.2, 0.25) is 0 Å². The first-order chi connectivity index (χ1) is 12.2. The number of benzene rings is 3. The molecule has 25 heavy (non-hydrogen) atoms. The van der Waals surface area contributed by atoms with Crippen LogP contribution >= 0.6 is 7.29 Å². The van der Waals surface area contributed by atoms with Crippen molar-refractivity contribution >= 4 is 17.9 Å². The average Bonchev–Trinajstić information content (AvgIpc) is 2.69. The van der Waals surface area contributed by atoms with E-state index >= 15 is 0 Å². The summed E-state index contributed by atoms with van der Waals surface area (Å²) in [6, 6.07) is 29.3. The zero-order valence-electron chi connectivity index (χ0n) is 14.1. The third kappa shape index (κ3) is 3.99. The summed E-state index contributed by atoms with van der Waals surface area (Å²) in [4.78, 5) is 0.